The van der Waals surface area contributed by atoms with Gasteiger partial charge in [0.25, 0.3) is 0 Å². The second-order valence-electron chi connectivity index (χ2n) is 4.79. The van der Waals surface area contributed by atoms with E-state index < -0.39 is 0 Å². The molecule has 0 atom stereocenters. The first-order valence-corrected chi connectivity index (χ1v) is 7.42. The maximum atomic E-state index is 5.59. The van der Waals surface area contributed by atoms with Crippen LogP contribution in [0.1, 0.15) is 5.56 Å². The molecule has 0 radical (unpaired) electrons. The zero-order valence-corrected chi connectivity index (χ0v) is 12.5. The predicted molar refractivity (Wildman–Crippen MR) is 87.8 cm³/mol. The molecule has 21 heavy (non-hydrogen) atoms. The SMILES string of the molecule is S=C(NCCc1ccccc1)N1CCOc2cccnc21. The fraction of sp³-hybridized carbons (Fsp3) is 0.250. The highest BCUT2D eigenvalue weighted by Crippen LogP contribution is 2.28. The Labute approximate surface area is 129 Å². The minimum Gasteiger partial charge on any atom is -0.488 e. The van der Waals surface area contributed by atoms with Gasteiger partial charge in [-0.3, -0.25) is 4.90 Å². The van der Waals surface area contributed by atoms with Crippen molar-refractivity contribution >= 4 is 23.1 Å². The highest BCUT2D eigenvalue weighted by Gasteiger charge is 2.21. The third-order valence-corrected chi connectivity index (χ3v) is 3.72. The summed E-state index contributed by atoms with van der Waals surface area (Å²) < 4.78 is 5.59. The fourth-order valence-electron chi connectivity index (χ4n) is 2.30. The maximum absolute atomic E-state index is 5.59. The van der Waals surface area contributed by atoms with Gasteiger partial charge in [-0.2, -0.15) is 0 Å². The van der Waals surface area contributed by atoms with Crippen LogP contribution in [0.5, 0.6) is 5.75 Å². The summed E-state index contributed by atoms with van der Waals surface area (Å²) >= 11 is 5.48. The Kier molecular flexibility index (Phi) is 4.31. The number of hydrogen-bond donors (Lipinski definition) is 1. The number of nitrogens with one attached hydrogen (secondary N) is 1. The van der Waals surface area contributed by atoms with Crippen molar-refractivity contribution in [2.45, 2.75) is 6.42 Å². The van der Waals surface area contributed by atoms with Gasteiger partial charge < -0.3 is 10.1 Å². The van der Waals surface area contributed by atoms with E-state index in [-0.39, 0.29) is 0 Å². The molecule has 3 rings (SSSR count). The van der Waals surface area contributed by atoms with E-state index in [1.54, 1.807) is 6.20 Å². The number of fused-ring (bicyclic) bond motifs is 1. The lowest BCUT2D eigenvalue weighted by Gasteiger charge is -2.30. The van der Waals surface area contributed by atoms with Gasteiger partial charge >= 0.3 is 0 Å². The molecule has 4 nitrogen and oxygen atoms in total. The van der Waals surface area contributed by atoms with Crippen molar-refractivity contribution in [2.75, 3.05) is 24.6 Å². The van der Waals surface area contributed by atoms with Gasteiger partial charge in [-0.1, -0.05) is 30.3 Å². The molecule has 1 aromatic carbocycles. The van der Waals surface area contributed by atoms with Gasteiger partial charge in [-0.25, -0.2) is 4.98 Å². The number of benzene rings is 1. The van der Waals surface area contributed by atoms with Crippen molar-refractivity contribution in [3.05, 3.63) is 54.2 Å². The lowest BCUT2D eigenvalue weighted by molar-refractivity contribution is 0.313. The summed E-state index contributed by atoms with van der Waals surface area (Å²) in [5, 5.41) is 4.01. The summed E-state index contributed by atoms with van der Waals surface area (Å²) in [6, 6.07) is 14.2. The highest BCUT2D eigenvalue weighted by atomic mass is 32.1. The Morgan fingerprint density at radius 3 is 2.95 bits per heavy atom. The first-order chi connectivity index (χ1) is 10.3. The van der Waals surface area contributed by atoms with Crippen LogP contribution in [0.4, 0.5) is 5.82 Å². The summed E-state index contributed by atoms with van der Waals surface area (Å²) in [5.74, 6) is 1.58. The molecule has 0 aliphatic carbocycles. The fourth-order valence-corrected chi connectivity index (χ4v) is 2.58. The van der Waals surface area contributed by atoms with Crippen molar-refractivity contribution in [1.82, 2.24) is 10.3 Å². The molecule has 1 aliphatic heterocycles. The predicted octanol–water partition coefficient (Wildman–Crippen LogP) is 2.40. The molecule has 0 spiro atoms. The van der Waals surface area contributed by atoms with E-state index in [2.05, 4.69) is 34.6 Å². The van der Waals surface area contributed by atoms with Crippen molar-refractivity contribution in [1.29, 1.82) is 0 Å². The van der Waals surface area contributed by atoms with Gasteiger partial charge in [0.1, 0.15) is 6.61 Å². The number of nitrogens with zero attached hydrogens (tertiary/aromatic N) is 2. The Balaban J connectivity index is 1.59. The van der Waals surface area contributed by atoms with Crippen molar-refractivity contribution in [2.24, 2.45) is 0 Å². The Morgan fingerprint density at radius 2 is 2.10 bits per heavy atom. The smallest absolute Gasteiger partial charge is 0.177 e. The summed E-state index contributed by atoms with van der Waals surface area (Å²) in [4.78, 5) is 6.36. The van der Waals surface area contributed by atoms with Gasteiger partial charge in [0.15, 0.2) is 16.7 Å². The topological polar surface area (TPSA) is 37.4 Å². The lowest BCUT2D eigenvalue weighted by Crippen LogP contribution is -2.45. The Hall–Kier alpha value is -2.14. The molecular formula is C16H17N3OS. The second kappa shape index (κ2) is 6.54. The molecule has 0 amide bonds. The summed E-state index contributed by atoms with van der Waals surface area (Å²) in [7, 11) is 0. The third kappa shape index (κ3) is 3.31. The van der Waals surface area contributed by atoms with Crippen LogP contribution in [-0.2, 0) is 6.42 Å². The van der Waals surface area contributed by atoms with Crippen LogP contribution < -0.4 is 15.0 Å². The monoisotopic (exact) mass is 299 g/mol. The van der Waals surface area contributed by atoms with Crippen LogP contribution in [0, 0.1) is 0 Å². The first kappa shape index (κ1) is 13.8. The van der Waals surface area contributed by atoms with Gasteiger partial charge in [-0.05, 0) is 36.3 Å². The highest BCUT2D eigenvalue weighted by molar-refractivity contribution is 7.80. The average Bonchev–Trinajstić information content (AvgIpc) is 2.55. The van der Waals surface area contributed by atoms with Gasteiger partial charge in [-0.15, -0.1) is 0 Å². The number of thiocarbonyl (C=S) groups is 1. The minimum absolute atomic E-state index is 0.624. The molecule has 5 heteroatoms. The first-order valence-electron chi connectivity index (χ1n) is 7.02. The van der Waals surface area contributed by atoms with Crippen molar-refractivity contribution in [3.8, 4) is 5.75 Å². The molecule has 108 valence electrons. The quantitative estimate of drug-likeness (QED) is 0.881. The molecule has 2 aromatic rings. The summed E-state index contributed by atoms with van der Waals surface area (Å²) in [6.45, 7) is 2.16. The second-order valence-corrected chi connectivity index (χ2v) is 5.18. The van der Waals surface area contributed by atoms with Crippen LogP contribution in [0.3, 0.4) is 0 Å². The molecule has 0 unspecified atom stereocenters. The maximum Gasteiger partial charge on any atom is 0.177 e. The molecule has 1 N–H and O–H groups in total. The number of anilines is 1. The molecule has 0 saturated heterocycles. The number of aromatic nitrogens is 1. The minimum atomic E-state index is 0.624. The molecule has 1 aromatic heterocycles. The van der Waals surface area contributed by atoms with E-state index in [1.165, 1.54) is 5.56 Å². The van der Waals surface area contributed by atoms with Crippen LogP contribution >= 0.6 is 12.2 Å². The third-order valence-electron chi connectivity index (χ3n) is 3.36. The number of pyridine rings is 1. The van der Waals surface area contributed by atoms with E-state index in [1.807, 2.05) is 23.1 Å². The summed E-state index contributed by atoms with van der Waals surface area (Å²) in [5.41, 5.74) is 1.30. The number of hydrogen-bond acceptors (Lipinski definition) is 3. The molecule has 0 bridgehead atoms. The Morgan fingerprint density at radius 1 is 1.24 bits per heavy atom. The van der Waals surface area contributed by atoms with Crippen LogP contribution in [-0.4, -0.2) is 29.8 Å². The zero-order valence-electron chi connectivity index (χ0n) is 11.7. The van der Waals surface area contributed by atoms with Crippen LogP contribution in [0.15, 0.2) is 48.7 Å². The van der Waals surface area contributed by atoms with E-state index in [4.69, 9.17) is 17.0 Å². The van der Waals surface area contributed by atoms with E-state index in [0.29, 0.717) is 11.7 Å². The van der Waals surface area contributed by atoms with Crippen LogP contribution in [0.25, 0.3) is 0 Å². The molecule has 0 saturated carbocycles. The lowest BCUT2D eigenvalue weighted by atomic mass is 10.1. The van der Waals surface area contributed by atoms with E-state index >= 15 is 0 Å². The number of ether oxygens (including phenoxy) is 1. The summed E-state index contributed by atoms with van der Waals surface area (Å²) in [6.07, 6.45) is 2.70. The largest absolute Gasteiger partial charge is 0.488 e. The van der Waals surface area contributed by atoms with Gasteiger partial charge in [0.2, 0.25) is 0 Å². The molecule has 1 aliphatic rings. The Bertz CT molecular complexity index is 618. The standard InChI is InChI=1S/C16H17N3OS/c21-16(18-10-8-13-5-2-1-3-6-13)19-11-12-20-14-7-4-9-17-15(14)19/h1-7,9H,8,10-12H2,(H,18,21). The average molecular weight is 299 g/mol. The molecular weight excluding hydrogens is 282 g/mol. The number of rotatable bonds is 3. The van der Waals surface area contributed by atoms with Crippen LogP contribution in [0.2, 0.25) is 0 Å². The van der Waals surface area contributed by atoms with Crippen molar-refractivity contribution in [3.63, 3.8) is 0 Å². The molecule has 2 heterocycles. The van der Waals surface area contributed by atoms with E-state index in [0.717, 1.165) is 31.1 Å². The zero-order chi connectivity index (χ0) is 14.5. The molecule has 0 fully saturated rings. The van der Waals surface area contributed by atoms with Crippen molar-refractivity contribution < 1.29 is 4.74 Å². The van der Waals surface area contributed by atoms with Gasteiger partial charge in [0, 0.05) is 12.7 Å². The normalized spacial score (nSPS) is 13.2. The van der Waals surface area contributed by atoms with Gasteiger partial charge in [0.05, 0.1) is 6.54 Å². The van der Waals surface area contributed by atoms with E-state index in [9.17, 15) is 0 Å².